The lowest BCUT2D eigenvalue weighted by Gasteiger charge is -2.40. The van der Waals surface area contributed by atoms with Crippen LogP contribution in [-0.2, 0) is 14.8 Å². The van der Waals surface area contributed by atoms with Gasteiger partial charge in [-0.05, 0) is 98.5 Å². The van der Waals surface area contributed by atoms with Crippen LogP contribution in [0.2, 0.25) is 0 Å². The van der Waals surface area contributed by atoms with Crippen LogP contribution in [0.4, 0.5) is 0 Å². The molecule has 3 aromatic rings. The van der Waals surface area contributed by atoms with E-state index in [2.05, 4.69) is 0 Å². The first-order valence-corrected chi connectivity index (χ1v) is 16.8. The highest BCUT2D eigenvalue weighted by Crippen LogP contribution is 2.39. The maximum absolute atomic E-state index is 14.3. The molecule has 0 radical (unpaired) electrons. The number of para-hydroxylation sites is 1. The Balaban J connectivity index is 1.17. The van der Waals surface area contributed by atoms with Crippen LogP contribution in [0.1, 0.15) is 57.8 Å². The summed E-state index contributed by atoms with van der Waals surface area (Å²) in [6, 6.07) is 19.8. The molecular weight excluding hydrogens is 550 g/mol. The molecule has 1 aliphatic carbocycles. The number of ether oxygens (including phenoxy) is 2. The lowest BCUT2D eigenvalue weighted by molar-refractivity contribution is -0.139. The van der Waals surface area contributed by atoms with E-state index in [4.69, 9.17) is 15.2 Å². The van der Waals surface area contributed by atoms with E-state index < -0.39 is 22.2 Å². The summed E-state index contributed by atoms with van der Waals surface area (Å²) in [5, 5.41) is 1.74. The number of carbonyl (C=O) groups is 1. The number of carbonyl (C=O) groups excluding carboxylic acids is 1. The number of amides is 1. The fourth-order valence-electron chi connectivity index (χ4n) is 7.56. The summed E-state index contributed by atoms with van der Waals surface area (Å²) in [4.78, 5) is 16.3. The van der Waals surface area contributed by atoms with Crippen molar-refractivity contribution < 1.29 is 22.7 Å². The van der Waals surface area contributed by atoms with Crippen molar-refractivity contribution in [3.63, 3.8) is 0 Å². The summed E-state index contributed by atoms with van der Waals surface area (Å²) < 4.78 is 42.3. The summed E-state index contributed by atoms with van der Waals surface area (Å²) in [5.41, 5.74) is 6.28. The number of sulfonamides is 1. The van der Waals surface area contributed by atoms with Crippen LogP contribution >= 0.6 is 0 Å². The molecule has 7 rings (SSSR count). The average molecular weight is 590 g/mol. The molecule has 9 heteroatoms. The van der Waals surface area contributed by atoms with Crippen molar-refractivity contribution in [2.24, 2.45) is 5.73 Å². The molecule has 3 saturated heterocycles. The Labute approximate surface area is 247 Å². The number of piperidine rings is 1. The first kappa shape index (κ1) is 27.7. The van der Waals surface area contributed by atoms with Gasteiger partial charge >= 0.3 is 0 Å². The van der Waals surface area contributed by atoms with Gasteiger partial charge in [-0.25, -0.2) is 8.42 Å². The van der Waals surface area contributed by atoms with Gasteiger partial charge in [-0.1, -0.05) is 30.3 Å². The number of benzene rings is 3. The second-order valence-corrected chi connectivity index (χ2v) is 14.3. The summed E-state index contributed by atoms with van der Waals surface area (Å²) in [6.07, 6.45) is 8.05. The van der Waals surface area contributed by atoms with Crippen molar-refractivity contribution in [2.75, 3.05) is 6.54 Å². The predicted molar refractivity (Wildman–Crippen MR) is 161 cm³/mol. The van der Waals surface area contributed by atoms with Gasteiger partial charge in [0.1, 0.15) is 23.6 Å². The van der Waals surface area contributed by atoms with Crippen LogP contribution in [-0.4, -0.2) is 66.5 Å². The lowest BCUT2D eigenvalue weighted by Crippen LogP contribution is -2.55. The molecule has 3 heterocycles. The molecule has 3 aliphatic heterocycles. The molecule has 2 unspecified atom stereocenters. The van der Waals surface area contributed by atoms with Gasteiger partial charge in [-0.15, -0.1) is 0 Å². The zero-order valence-electron chi connectivity index (χ0n) is 23.8. The van der Waals surface area contributed by atoms with Crippen molar-refractivity contribution in [1.29, 1.82) is 0 Å². The molecule has 8 nitrogen and oxygen atoms in total. The van der Waals surface area contributed by atoms with Crippen LogP contribution in [0, 0.1) is 0 Å². The normalized spacial score (nSPS) is 28.4. The Morgan fingerprint density at radius 3 is 2.17 bits per heavy atom. The molecular formula is C33H39N3O5S. The first-order valence-electron chi connectivity index (χ1n) is 15.4. The topological polar surface area (TPSA) is 102 Å². The monoisotopic (exact) mass is 589 g/mol. The molecule has 1 amide bonds. The van der Waals surface area contributed by atoms with Gasteiger partial charge < -0.3 is 20.1 Å². The number of fused-ring (bicyclic) bond motifs is 3. The van der Waals surface area contributed by atoms with E-state index in [9.17, 15) is 13.2 Å². The zero-order chi connectivity index (χ0) is 28.8. The summed E-state index contributed by atoms with van der Waals surface area (Å²) in [6.45, 7) is 0.114. The van der Waals surface area contributed by atoms with Crippen molar-refractivity contribution in [3.05, 3.63) is 66.7 Å². The molecule has 2 bridgehead atoms. The molecule has 4 fully saturated rings. The van der Waals surface area contributed by atoms with E-state index in [1.165, 1.54) is 17.1 Å². The molecule has 0 aromatic heterocycles. The number of hydrogen-bond acceptors (Lipinski definition) is 6. The van der Waals surface area contributed by atoms with Gasteiger partial charge in [0.05, 0.1) is 17.5 Å². The molecule has 3 aromatic carbocycles. The first-order chi connectivity index (χ1) is 20.3. The van der Waals surface area contributed by atoms with Crippen molar-refractivity contribution >= 4 is 26.7 Å². The maximum Gasteiger partial charge on any atom is 0.243 e. The molecule has 42 heavy (non-hydrogen) atoms. The Bertz CT molecular complexity index is 1540. The molecule has 4 atom stereocenters. The second-order valence-electron chi connectivity index (χ2n) is 12.4. The highest BCUT2D eigenvalue weighted by atomic mass is 32.2. The van der Waals surface area contributed by atoms with E-state index in [-0.39, 0.29) is 41.6 Å². The van der Waals surface area contributed by atoms with Crippen LogP contribution < -0.4 is 15.2 Å². The van der Waals surface area contributed by atoms with Crippen molar-refractivity contribution in [3.8, 4) is 11.5 Å². The van der Waals surface area contributed by atoms with E-state index >= 15 is 0 Å². The largest absolute Gasteiger partial charge is 0.490 e. The number of nitrogens with zero attached hydrogens (tertiary/aromatic N) is 2. The Morgan fingerprint density at radius 2 is 1.43 bits per heavy atom. The van der Waals surface area contributed by atoms with Crippen LogP contribution in [0.15, 0.2) is 71.6 Å². The number of hydrogen-bond donors (Lipinski definition) is 1. The standard InChI is InChI=1S/C33H39N3O5S/c34-24-18-25-12-13-26(19-24)36(25)33(37)32-20-30(41-28-6-2-1-3-7-28)21-35(32)42(38,39)31-15-11-22-16-29(14-10-23(22)17-31)40-27-8-4-5-9-27/h1-3,6-7,10-11,14-17,24-27,30,32H,4-5,8-9,12-13,18-21,34H2/t24?,25?,26?,30-,32-/m0/s1. The van der Waals surface area contributed by atoms with Crippen LogP contribution in [0.5, 0.6) is 11.5 Å². The van der Waals surface area contributed by atoms with E-state index in [1.54, 1.807) is 12.1 Å². The Morgan fingerprint density at radius 1 is 0.762 bits per heavy atom. The van der Waals surface area contributed by atoms with Gasteiger partial charge in [0.15, 0.2) is 0 Å². The van der Waals surface area contributed by atoms with E-state index in [0.717, 1.165) is 55.0 Å². The van der Waals surface area contributed by atoms with Gasteiger partial charge in [-0.3, -0.25) is 4.79 Å². The van der Waals surface area contributed by atoms with Crippen LogP contribution in [0.25, 0.3) is 10.8 Å². The third-order valence-electron chi connectivity index (χ3n) is 9.57. The smallest absolute Gasteiger partial charge is 0.243 e. The zero-order valence-corrected chi connectivity index (χ0v) is 24.6. The predicted octanol–water partition coefficient (Wildman–Crippen LogP) is 4.85. The molecule has 4 aliphatic rings. The van der Waals surface area contributed by atoms with Crippen LogP contribution in [0.3, 0.4) is 0 Å². The third-order valence-corrected chi connectivity index (χ3v) is 11.4. The van der Waals surface area contributed by atoms with Gasteiger partial charge in [0.25, 0.3) is 0 Å². The minimum Gasteiger partial charge on any atom is -0.490 e. The maximum atomic E-state index is 14.3. The quantitative estimate of drug-likeness (QED) is 0.423. The molecule has 1 saturated carbocycles. The number of nitrogens with two attached hydrogens (primary N) is 1. The lowest BCUT2D eigenvalue weighted by atomic mass is 9.97. The third kappa shape index (κ3) is 5.27. The fourth-order valence-corrected chi connectivity index (χ4v) is 9.22. The van der Waals surface area contributed by atoms with E-state index in [0.29, 0.717) is 12.2 Å². The van der Waals surface area contributed by atoms with Gasteiger partial charge in [0.2, 0.25) is 15.9 Å². The molecule has 2 N–H and O–H groups in total. The average Bonchev–Trinajstić information content (AvgIpc) is 3.72. The Kier molecular flexibility index (Phi) is 7.36. The van der Waals surface area contributed by atoms with Gasteiger partial charge in [0, 0.05) is 24.5 Å². The number of rotatable bonds is 7. The summed E-state index contributed by atoms with van der Waals surface area (Å²) >= 11 is 0. The van der Waals surface area contributed by atoms with E-state index in [1.807, 2.05) is 59.5 Å². The second kappa shape index (κ2) is 11.2. The Hall–Kier alpha value is -3.14. The van der Waals surface area contributed by atoms with Crippen molar-refractivity contribution in [1.82, 2.24) is 9.21 Å². The van der Waals surface area contributed by atoms with Gasteiger partial charge in [-0.2, -0.15) is 4.31 Å². The molecule has 222 valence electrons. The van der Waals surface area contributed by atoms with Crippen molar-refractivity contribution in [2.45, 2.75) is 99.1 Å². The summed E-state index contributed by atoms with van der Waals surface area (Å²) in [5.74, 6) is 1.36. The minimum absolute atomic E-state index is 0.0752. The summed E-state index contributed by atoms with van der Waals surface area (Å²) in [7, 11) is -3.99. The fraction of sp³-hybridized carbons (Fsp3) is 0.485. The molecule has 0 spiro atoms. The SMILES string of the molecule is NC1CC2CCC(C1)N2C(=O)[C@@H]1C[C@H](Oc2ccccc2)CN1S(=O)(=O)c1ccc2cc(OC3CCCC3)ccc2c1. The highest BCUT2D eigenvalue weighted by molar-refractivity contribution is 7.89. The highest BCUT2D eigenvalue weighted by Gasteiger charge is 2.51. The minimum atomic E-state index is -3.99.